The maximum absolute atomic E-state index is 11.0. The number of hydrogen-bond donors (Lipinski definition) is 1. The molecule has 0 aliphatic carbocycles. The van der Waals surface area contributed by atoms with E-state index in [-0.39, 0.29) is 17.3 Å². The van der Waals surface area contributed by atoms with E-state index < -0.39 is 4.92 Å². The summed E-state index contributed by atoms with van der Waals surface area (Å²) >= 11 is 0. The van der Waals surface area contributed by atoms with E-state index in [2.05, 4.69) is 0 Å². The van der Waals surface area contributed by atoms with Crippen molar-refractivity contribution in [1.29, 1.82) is 0 Å². The number of benzene rings is 2. The minimum atomic E-state index is -0.427. The number of nitrogens with two attached hydrogens (primary N) is 1. The number of nitro benzene ring substituents is 1. The highest BCUT2D eigenvalue weighted by atomic mass is 16.6. The molecule has 0 spiro atoms. The zero-order valence-electron chi connectivity index (χ0n) is 11.0. The lowest BCUT2D eigenvalue weighted by Gasteiger charge is -2.14. The largest absolute Gasteiger partial charge is 0.393 e. The lowest BCUT2D eigenvalue weighted by molar-refractivity contribution is -0.384. The summed E-state index contributed by atoms with van der Waals surface area (Å²) in [6.07, 6.45) is 0. The first-order chi connectivity index (χ1) is 9.00. The van der Waals surface area contributed by atoms with Gasteiger partial charge in [-0.2, -0.15) is 0 Å². The Balaban J connectivity index is 2.49. The first kappa shape index (κ1) is 13.1. The van der Waals surface area contributed by atoms with Crippen molar-refractivity contribution in [3.63, 3.8) is 0 Å². The third-order valence-electron chi connectivity index (χ3n) is 3.38. The highest BCUT2D eigenvalue weighted by molar-refractivity contribution is 5.65. The van der Waals surface area contributed by atoms with Gasteiger partial charge in [0.15, 0.2) is 0 Å². The van der Waals surface area contributed by atoms with Crippen molar-refractivity contribution >= 4 is 11.4 Å². The lowest BCUT2D eigenvalue weighted by atomic mass is 9.91. The lowest BCUT2D eigenvalue weighted by Crippen LogP contribution is -2.03. The van der Waals surface area contributed by atoms with Gasteiger partial charge in [0.25, 0.3) is 5.69 Å². The van der Waals surface area contributed by atoms with Crippen LogP contribution in [0, 0.1) is 17.0 Å². The molecule has 98 valence electrons. The average molecular weight is 256 g/mol. The summed E-state index contributed by atoms with van der Waals surface area (Å²) in [5.74, 6) is 0.0965. The number of hydrogen-bond acceptors (Lipinski definition) is 3. The van der Waals surface area contributed by atoms with Crippen LogP contribution in [0.4, 0.5) is 11.4 Å². The van der Waals surface area contributed by atoms with Crippen LogP contribution in [0.3, 0.4) is 0 Å². The smallest absolute Gasteiger partial charge is 0.292 e. The van der Waals surface area contributed by atoms with Crippen molar-refractivity contribution in [2.45, 2.75) is 19.8 Å². The quantitative estimate of drug-likeness (QED) is 0.518. The van der Waals surface area contributed by atoms with E-state index in [0.29, 0.717) is 0 Å². The molecule has 0 saturated carbocycles. The molecule has 1 unspecified atom stereocenters. The Labute approximate surface area is 112 Å². The van der Waals surface area contributed by atoms with Crippen LogP contribution in [0.25, 0.3) is 0 Å². The van der Waals surface area contributed by atoms with Crippen molar-refractivity contribution in [3.8, 4) is 0 Å². The van der Waals surface area contributed by atoms with Crippen molar-refractivity contribution in [3.05, 3.63) is 69.3 Å². The molecule has 2 aromatic carbocycles. The fourth-order valence-electron chi connectivity index (χ4n) is 2.14. The van der Waals surface area contributed by atoms with Crippen molar-refractivity contribution in [2.75, 3.05) is 5.73 Å². The molecule has 0 radical (unpaired) electrons. The standard InChI is InChI=1S/C15H16N2O2/c1-10-8-13(9-14(15(10)16)17(18)19)11(2)12-6-4-3-5-7-12/h3-9,11H,16H2,1-2H3. The fraction of sp³-hybridized carbons (Fsp3) is 0.200. The van der Waals surface area contributed by atoms with Crippen molar-refractivity contribution in [1.82, 2.24) is 0 Å². The van der Waals surface area contributed by atoms with E-state index in [9.17, 15) is 10.1 Å². The van der Waals surface area contributed by atoms with Crippen LogP contribution in [0.15, 0.2) is 42.5 Å². The Bertz CT molecular complexity index is 609. The third-order valence-corrected chi connectivity index (χ3v) is 3.38. The fourth-order valence-corrected chi connectivity index (χ4v) is 2.14. The summed E-state index contributed by atoms with van der Waals surface area (Å²) in [7, 11) is 0. The van der Waals surface area contributed by atoms with Crippen LogP contribution < -0.4 is 5.73 Å². The van der Waals surface area contributed by atoms with E-state index in [4.69, 9.17) is 5.73 Å². The minimum Gasteiger partial charge on any atom is -0.393 e. The van der Waals surface area contributed by atoms with Crippen LogP contribution >= 0.6 is 0 Å². The molecule has 4 nitrogen and oxygen atoms in total. The molecule has 0 bridgehead atoms. The Hall–Kier alpha value is -2.36. The molecule has 0 fully saturated rings. The van der Waals surface area contributed by atoms with Gasteiger partial charge in [-0.05, 0) is 23.6 Å². The number of aryl methyl sites for hydroxylation is 1. The van der Waals surface area contributed by atoms with Gasteiger partial charge in [0.05, 0.1) is 4.92 Å². The van der Waals surface area contributed by atoms with Crippen molar-refractivity contribution in [2.24, 2.45) is 0 Å². The number of nitrogens with zero attached hydrogens (tertiary/aromatic N) is 1. The van der Waals surface area contributed by atoms with Crippen molar-refractivity contribution < 1.29 is 4.92 Å². The third kappa shape index (κ3) is 2.57. The van der Waals surface area contributed by atoms with Gasteiger partial charge in [-0.25, -0.2) is 0 Å². The van der Waals surface area contributed by atoms with Gasteiger partial charge in [-0.15, -0.1) is 0 Å². The first-order valence-electron chi connectivity index (χ1n) is 6.10. The Kier molecular flexibility index (Phi) is 3.51. The van der Waals surface area contributed by atoms with Crippen LogP contribution in [0.2, 0.25) is 0 Å². The second kappa shape index (κ2) is 5.10. The molecule has 1 atom stereocenters. The van der Waals surface area contributed by atoms with Gasteiger partial charge < -0.3 is 5.73 Å². The predicted octanol–water partition coefficient (Wildman–Crippen LogP) is 3.64. The molecule has 2 aromatic rings. The van der Waals surface area contributed by atoms with E-state index in [1.165, 1.54) is 0 Å². The molecular weight excluding hydrogens is 240 g/mol. The summed E-state index contributed by atoms with van der Waals surface area (Å²) in [4.78, 5) is 10.6. The molecule has 0 saturated heterocycles. The highest BCUT2D eigenvalue weighted by Gasteiger charge is 2.18. The summed E-state index contributed by atoms with van der Waals surface area (Å²) in [5.41, 5.74) is 8.75. The maximum Gasteiger partial charge on any atom is 0.292 e. The van der Waals surface area contributed by atoms with Crippen LogP contribution in [0.5, 0.6) is 0 Å². The molecule has 0 amide bonds. The topological polar surface area (TPSA) is 69.2 Å². The zero-order chi connectivity index (χ0) is 14.0. The van der Waals surface area contributed by atoms with Crippen LogP contribution in [0.1, 0.15) is 29.5 Å². The average Bonchev–Trinajstić information content (AvgIpc) is 2.41. The van der Waals surface area contributed by atoms with E-state index in [1.54, 1.807) is 13.0 Å². The SMILES string of the molecule is Cc1cc(C(C)c2ccccc2)cc([N+](=O)[O-])c1N. The van der Waals surface area contributed by atoms with E-state index in [1.807, 2.05) is 43.3 Å². The number of nitrogen functional groups attached to an aromatic ring is 1. The molecule has 2 rings (SSSR count). The molecule has 2 N–H and O–H groups in total. The highest BCUT2D eigenvalue weighted by Crippen LogP contribution is 2.32. The molecule has 4 heteroatoms. The summed E-state index contributed by atoms with van der Waals surface area (Å²) < 4.78 is 0. The molecule has 0 aliphatic heterocycles. The normalized spacial score (nSPS) is 12.1. The minimum absolute atomic E-state index is 0.0159. The second-order valence-electron chi connectivity index (χ2n) is 4.66. The number of nitro groups is 1. The van der Waals surface area contributed by atoms with Gasteiger partial charge in [-0.3, -0.25) is 10.1 Å². The van der Waals surface area contributed by atoms with Gasteiger partial charge in [0.2, 0.25) is 0 Å². The van der Waals surface area contributed by atoms with Gasteiger partial charge >= 0.3 is 0 Å². The first-order valence-corrected chi connectivity index (χ1v) is 6.10. The zero-order valence-corrected chi connectivity index (χ0v) is 11.0. The Morgan fingerprint density at radius 3 is 2.37 bits per heavy atom. The van der Waals surface area contributed by atoms with Gasteiger partial charge in [0.1, 0.15) is 5.69 Å². The molecule has 19 heavy (non-hydrogen) atoms. The second-order valence-corrected chi connectivity index (χ2v) is 4.66. The Morgan fingerprint density at radius 2 is 1.79 bits per heavy atom. The maximum atomic E-state index is 11.0. The molecule has 0 heterocycles. The summed E-state index contributed by atoms with van der Waals surface area (Å²) in [6.45, 7) is 3.83. The monoisotopic (exact) mass is 256 g/mol. The van der Waals surface area contributed by atoms with Crippen LogP contribution in [-0.2, 0) is 0 Å². The molecule has 0 aliphatic rings. The molecule has 0 aromatic heterocycles. The van der Waals surface area contributed by atoms with E-state index in [0.717, 1.165) is 16.7 Å². The number of anilines is 1. The van der Waals surface area contributed by atoms with E-state index >= 15 is 0 Å². The summed E-state index contributed by atoms with van der Waals surface area (Å²) in [5, 5.41) is 11.0. The molecular formula is C15H16N2O2. The van der Waals surface area contributed by atoms with Crippen LogP contribution in [-0.4, -0.2) is 4.92 Å². The van der Waals surface area contributed by atoms with Gasteiger partial charge in [0, 0.05) is 12.0 Å². The Morgan fingerprint density at radius 1 is 1.16 bits per heavy atom. The summed E-state index contributed by atoms with van der Waals surface area (Å²) in [6, 6.07) is 13.4. The van der Waals surface area contributed by atoms with Gasteiger partial charge in [-0.1, -0.05) is 43.3 Å². The predicted molar refractivity (Wildman–Crippen MR) is 76.2 cm³/mol. The number of rotatable bonds is 3.